The number of amides is 1. The minimum Gasteiger partial charge on any atom is -0.399 e. The van der Waals surface area contributed by atoms with E-state index in [9.17, 15) is 4.79 Å². The molecule has 0 fully saturated rings. The standard InChI is InChI=1S/C15H23N5O/c1-4-7-20(9-8-19(2)3)15(21)14-12-10-11(16)5-6-13(12)17-18-14/h5-6,10H,4,7-9,16H2,1-3H3,(H,17,18). The molecule has 1 heterocycles. The lowest BCUT2D eigenvalue weighted by Crippen LogP contribution is -2.37. The minimum absolute atomic E-state index is 0.0458. The summed E-state index contributed by atoms with van der Waals surface area (Å²) in [6, 6.07) is 5.44. The minimum atomic E-state index is -0.0458. The van der Waals surface area contributed by atoms with Crippen LogP contribution in [0.25, 0.3) is 10.9 Å². The molecule has 3 N–H and O–H groups in total. The van der Waals surface area contributed by atoms with Gasteiger partial charge in [0.1, 0.15) is 0 Å². The van der Waals surface area contributed by atoms with Gasteiger partial charge in [-0.3, -0.25) is 9.89 Å². The van der Waals surface area contributed by atoms with E-state index in [1.807, 2.05) is 25.1 Å². The van der Waals surface area contributed by atoms with Crippen molar-refractivity contribution < 1.29 is 4.79 Å². The SMILES string of the molecule is CCCN(CCN(C)C)C(=O)c1n[nH]c2ccc(N)cc12. The topological polar surface area (TPSA) is 78.2 Å². The Labute approximate surface area is 124 Å². The summed E-state index contributed by atoms with van der Waals surface area (Å²) in [5.74, 6) is -0.0458. The predicted octanol–water partition coefficient (Wildman–Crippen LogP) is 1.56. The Bertz CT molecular complexity index is 620. The summed E-state index contributed by atoms with van der Waals surface area (Å²) in [6.45, 7) is 4.31. The predicted molar refractivity (Wildman–Crippen MR) is 85.3 cm³/mol. The Morgan fingerprint density at radius 1 is 1.29 bits per heavy atom. The first kappa shape index (κ1) is 15.3. The number of hydrogen-bond acceptors (Lipinski definition) is 4. The molecule has 0 spiro atoms. The molecule has 2 rings (SSSR count). The van der Waals surface area contributed by atoms with Gasteiger partial charge < -0.3 is 15.5 Å². The molecule has 6 nitrogen and oxygen atoms in total. The van der Waals surface area contributed by atoms with Crippen LogP contribution in [0, 0.1) is 0 Å². The molecular formula is C15H23N5O. The largest absolute Gasteiger partial charge is 0.399 e. The van der Waals surface area contributed by atoms with Gasteiger partial charge in [0.15, 0.2) is 5.69 Å². The van der Waals surface area contributed by atoms with Gasteiger partial charge in [0, 0.05) is 30.7 Å². The van der Waals surface area contributed by atoms with Crippen molar-refractivity contribution in [2.75, 3.05) is 39.5 Å². The van der Waals surface area contributed by atoms with Gasteiger partial charge in [-0.25, -0.2) is 0 Å². The molecule has 0 saturated heterocycles. The van der Waals surface area contributed by atoms with E-state index in [0.717, 1.165) is 30.4 Å². The molecule has 0 unspecified atom stereocenters. The molecule has 21 heavy (non-hydrogen) atoms. The maximum absolute atomic E-state index is 12.7. The zero-order chi connectivity index (χ0) is 15.4. The molecule has 0 bridgehead atoms. The zero-order valence-corrected chi connectivity index (χ0v) is 12.9. The molecule has 114 valence electrons. The smallest absolute Gasteiger partial charge is 0.275 e. The average Bonchev–Trinajstić information content (AvgIpc) is 2.85. The molecule has 0 saturated carbocycles. The van der Waals surface area contributed by atoms with Crippen LogP contribution in [-0.4, -0.2) is 59.6 Å². The molecule has 0 radical (unpaired) electrons. The highest BCUT2D eigenvalue weighted by molar-refractivity contribution is 6.05. The van der Waals surface area contributed by atoms with Gasteiger partial charge in [0.05, 0.1) is 5.52 Å². The van der Waals surface area contributed by atoms with Crippen LogP contribution in [0.3, 0.4) is 0 Å². The molecule has 0 aliphatic carbocycles. The molecular weight excluding hydrogens is 266 g/mol. The van der Waals surface area contributed by atoms with Crippen molar-refractivity contribution in [2.45, 2.75) is 13.3 Å². The van der Waals surface area contributed by atoms with E-state index in [4.69, 9.17) is 5.73 Å². The lowest BCUT2D eigenvalue weighted by Gasteiger charge is -2.23. The lowest BCUT2D eigenvalue weighted by atomic mass is 10.1. The van der Waals surface area contributed by atoms with E-state index < -0.39 is 0 Å². The number of fused-ring (bicyclic) bond motifs is 1. The van der Waals surface area contributed by atoms with Crippen LogP contribution < -0.4 is 5.73 Å². The quantitative estimate of drug-likeness (QED) is 0.791. The third kappa shape index (κ3) is 3.52. The van der Waals surface area contributed by atoms with Gasteiger partial charge in [-0.2, -0.15) is 5.10 Å². The van der Waals surface area contributed by atoms with Gasteiger partial charge in [-0.1, -0.05) is 6.92 Å². The Balaban J connectivity index is 2.27. The van der Waals surface area contributed by atoms with E-state index in [-0.39, 0.29) is 5.91 Å². The van der Waals surface area contributed by atoms with E-state index in [0.29, 0.717) is 17.9 Å². The first-order chi connectivity index (χ1) is 10.0. The number of benzene rings is 1. The monoisotopic (exact) mass is 289 g/mol. The Hall–Kier alpha value is -2.08. The van der Waals surface area contributed by atoms with Crippen LogP contribution in [-0.2, 0) is 0 Å². The molecule has 1 aromatic heterocycles. The van der Waals surface area contributed by atoms with Crippen molar-refractivity contribution in [3.63, 3.8) is 0 Å². The third-order valence-electron chi connectivity index (χ3n) is 3.39. The Kier molecular flexibility index (Phi) is 4.80. The highest BCUT2D eigenvalue weighted by atomic mass is 16.2. The van der Waals surface area contributed by atoms with Crippen molar-refractivity contribution in [1.82, 2.24) is 20.0 Å². The second kappa shape index (κ2) is 6.58. The zero-order valence-electron chi connectivity index (χ0n) is 12.9. The van der Waals surface area contributed by atoms with Crippen LogP contribution in [0.4, 0.5) is 5.69 Å². The summed E-state index contributed by atoms with van der Waals surface area (Å²) in [5.41, 5.74) is 7.72. The van der Waals surface area contributed by atoms with Gasteiger partial charge in [0.25, 0.3) is 5.91 Å². The van der Waals surface area contributed by atoms with Crippen LogP contribution >= 0.6 is 0 Å². The van der Waals surface area contributed by atoms with E-state index in [1.54, 1.807) is 12.1 Å². The van der Waals surface area contributed by atoms with Crippen molar-refractivity contribution in [3.05, 3.63) is 23.9 Å². The number of nitrogens with two attached hydrogens (primary N) is 1. The fraction of sp³-hybridized carbons (Fsp3) is 0.467. The van der Waals surface area contributed by atoms with E-state index in [2.05, 4.69) is 22.0 Å². The van der Waals surface area contributed by atoms with Crippen molar-refractivity contribution in [1.29, 1.82) is 0 Å². The van der Waals surface area contributed by atoms with Gasteiger partial charge in [-0.15, -0.1) is 0 Å². The number of aromatic nitrogens is 2. The number of anilines is 1. The van der Waals surface area contributed by atoms with E-state index in [1.165, 1.54) is 0 Å². The second-order valence-corrected chi connectivity index (χ2v) is 5.47. The van der Waals surface area contributed by atoms with Crippen LogP contribution in [0.2, 0.25) is 0 Å². The molecule has 2 aromatic rings. The number of likely N-dealkylation sites (N-methyl/N-ethyl adjacent to an activating group) is 1. The molecule has 1 amide bonds. The maximum atomic E-state index is 12.7. The van der Waals surface area contributed by atoms with Gasteiger partial charge >= 0.3 is 0 Å². The molecule has 0 atom stereocenters. The molecule has 1 aromatic carbocycles. The Morgan fingerprint density at radius 3 is 2.71 bits per heavy atom. The first-order valence-corrected chi connectivity index (χ1v) is 7.20. The molecule has 0 aliphatic heterocycles. The van der Waals surface area contributed by atoms with Crippen LogP contribution in [0.5, 0.6) is 0 Å². The van der Waals surface area contributed by atoms with E-state index >= 15 is 0 Å². The summed E-state index contributed by atoms with van der Waals surface area (Å²) >= 11 is 0. The highest BCUT2D eigenvalue weighted by Gasteiger charge is 2.20. The van der Waals surface area contributed by atoms with Gasteiger partial charge in [-0.05, 0) is 38.7 Å². The fourth-order valence-electron chi connectivity index (χ4n) is 2.25. The van der Waals surface area contributed by atoms with Crippen molar-refractivity contribution in [3.8, 4) is 0 Å². The number of rotatable bonds is 6. The molecule has 0 aliphatic rings. The first-order valence-electron chi connectivity index (χ1n) is 7.20. The summed E-state index contributed by atoms with van der Waals surface area (Å²) in [5, 5.41) is 7.86. The fourth-order valence-corrected chi connectivity index (χ4v) is 2.25. The summed E-state index contributed by atoms with van der Waals surface area (Å²) in [6.07, 6.45) is 0.920. The van der Waals surface area contributed by atoms with Gasteiger partial charge in [0.2, 0.25) is 0 Å². The normalized spacial score (nSPS) is 11.2. The maximum Gasteiger partial charge on any atom is 0.275 e. The van der Waals surface area contributed by atoms with Crippen LogP contribution in [0.15, 0.2) is 18.2 Å². The number of hydrogen-bond donors (Lipinski definition) is 2. The Morgan fingerprint density at radius 2 is 2.05 bits per heavy atom. The highest BCUT2D eigenvalue weighted by Crippen LogP contribution is 2.20. The third-order valence-corrected chi connectivity index (χ3v) is 3.39. The summed E-state index contributed by atoms with van der Waals surface area (Å²) < 4.78 is 0. The lowest BCUT2D eigenvalue weighted by molar-refractivity contribution is 0.0741. The average molecular weight is 289 g/mol. The number of nitrogens with one attached hydrogen (secondary N) is 1. The number of carbonyl (C=O) groups excluding carboxylic acids is 1. The van der Waals surface area contributed by atoms with Crippen molar-refractivity contribution in [2.24, 2.45) is 0 Å². The van der Waals surface area contributed by atoms with Crippen molar-refractivity contribution >= 4 is 22.5 Å². The molecule has 6 heteroatoms. The number of H-pyrrole nitrogens is 1. The summed E-state index contributed by atoms with van der Waals surface area (Å²) in [7, 11) is 4.00. The van der Waals surface area contributed by atoms with Crippen LogP contribution in [0.1, 0.15) is 23.8 Å². The number of nitrogens with zero attached hydrogens (tertiary/aromatic N) is 3. The summed E-state index contributed by atoms with van der Waals surface area (Å²) in [4.78, 5) is 16.6. The number of nitrogen functional groups attached to an aromatic ring is 1. The number of carbonyl (C=O) groups is 1. The number of aromatic amines is 1. The second-order valence-electron chi connectivity index (χ2n) is 5.47.